The van der Waals surface area contributed by atoms with Crippen molar-refractivity contribution in [3.8, 4) is 5.75 Å². The van der Waals surface area contributed by atoms with Crippen LogP contribution < -0.4 is 15.8 Å². The smallest absolute Gasteiger partial charge is 0.260 e. The molecule has 6 nitrogen and oxygen atoms in total. The Morgan fingerprint density at radius 2 is 2.04 bits per heavy atom. The van der Waals surface area contributed by atoms with Crippen LogP contribution in [0.4, 0.5) is 11.5 Å². The summed E-state index contributed by atoms with van der Waals surface area (Å²) in [6.45, 7) is 1.59. The number of nitrogen functional groups attached to an aromatic ring is 1. The summed E-state index contributed by atoms with van der Waals surface area (Å²) in [5, 5.41) is 3.48. The third-order valence-electron chi connectivity index (χ3n) is 4.34. The normalized spacial score (nSPS) is 17.6. The monoisotopic (exact) mass is 340 g/mol. The maximum Gasteiger partial charge on any atom is 0.260 e. The SMILES string of the molecule is Nc1ccc(N[C@@H]2CCCN(C(=O)COc3ccccc3)CC2)cn1. The van der Waals surface area contributed by atoms with Crippen LogP contribution in [0.5, 0.6) is 5.75 Å². The van der Waals surface area contributed by atoms with Crippen LogP contribution in [-0.2, 0) is 4.79 Å². The summed E-state index contributed by atoms with van der Waals surface area (Å²) in [4.78, 5) is 18.4. The lowest BCUT2D eigenvalue weighted by atomic mass is 10.1. The summed E-state index contributed by atoms with van der Waals surface area (Å²) in [5.74, 6) is 1.28. The van der Waals surface area contributed by atoms with E-state index in [1.807, 2.05) is 41.3 Å². The topological polar surface area (TPSA) is 80.5 Å². The van der Waals surface area contributed by atoms with E-state index >= 15 is 0 Å². The van der Waals surface area contributed by atoms with Crippen molar-refractivity contribution in [1.29, 1.82) is 0 Å². The minimum Gasteiger partial charge on any atom is -0.484 e. The fourth-order valence-electron chi connectivity index (χ4n) is 2.97. The molecule has 3 rings (SSSR count). The Hall–Kier alpha value is -2.76. The standard InChI is InChI=1S/C19H24N4O2/c20-18-9-8-16(13-21-18)22-15-5-4-11-23(12-10-15)19(24)14-25-17-6-2-1-3-7-17/h1-3,6-9,13,15,22H,4-5,10-12,14H2,(H2,20,21)/t15-/m1/s1. The molecule has 1 saturated heterocycles. The number of carbonyl (C=O) groups is 1. The molecule has 1 aromatic heterocycles. The molecule has 1 aliphatic rings. The number of hydrogen-bond donors (Lipinski definition) is 2. The van der Waals surface area contributed by atoms with Crippen molar-refractivity contribution in [3.05, 3.63) is 48.7 Å². The van der Waals surface area contributed by atoms with Gasteiger partial charge in [0.05, 0.1) is 11.9 Å². The fraction of sp³-hybridized carbons (Fsp3) is 0.368. The number of nitrogens with zero attached hydrogens (tertiary/aromatic N) is 2. The molecule has 1 fully saturated rings. The molecule has 25 heavy (non-hydrogen) atoms. The van der Waals surface area contributed by atoms with Crippen LogP contribution in [0, 0.1) is 0 Å². The van der Waals surface area contributed by atoms with Gasteiger partial charge in [-0.05, 0) is 43.5 Å². The van der Waals surface area contributed by atoms with Crippen molar-refractivity contribution < 1.29 is 9.53 Å². The summed E-state index contributed by atoms with van der Waals surface area (Å²) >= 11 is 0. The highest BCUT2D eigenvalue weighted by molar-refractivity contribution is 5.77. The number of pyridine rings is 1. The lowest BCUT2D eigenvalue weighted by Gasteiger charge is -2.21. The number of carbonyl (C=O) groups excluding carboxylic acids is 1. The molecule has 0 spiro atoms. The number of amides is 1. The summed E-state index contributed by atoms with van der Waals surface area (Å²) < 4.78 is 5.57. The van der Waals surface area contributed by atoms with Crippen LogP contribution in [0.2, 0.25) is 0 Å². The lowest BCUT2D eigenvalue weighted by Crippen LogP contribution is -2.36. The maximum absolute atomic E-state index is 12.4. The van der Waals surface area contributed by atoms with E-state index < -0.39 is 0 Å². The zero-order valence-corrected chi connectivity index (χ0v) is 14.2. The Bertz CT molecular complexity index is 676. The van der Waals surface area contributed by atoms with Gasteiger partial charge in [0.1, 0.15) is 11.6 Å². The zero-order valence-electron chi connectivity index (χ0n) is 14.2. The predicted octanol–water partition coefficient (Wildman–Crippen LogP) is 2.54. The van der Waals surface area contributed by atoms with E-state index in [1.54, 1.807) is 12.3 Å². The van der Waals surface area contributed by atoms with E-state index in [0.717, 1.165) is 43.8 Å². The molecule has 1 aliphatic heterocycles. The van der Waals surface area contributed by atoms with Crippen LogP contribution in [0.3, 0.4) is 0 Å². The number of nitrogens with two attached hydrogens (primary N) is 1. The van der Waals surface area contributed by atoms with E-state index in [9.17, 15) is 4.79 Å². The first kappa shape index (κ1) is 17.1. The quantitative estimate of drug-likeness (QED) is 0.874. The van der Waals surface area contributed by atoms with E-state index in [4.69, 9.17) is 10.5 Å². The van der Waals surface area contributed by atoms with E-state index in [-0.39, 0.29) is 12.5 Å². The number of anilines is 2. The largest absolute Gasteiger partial charge is 0.484 e. The molecule has 1 aromatic carbocycles. The van der Waals surface area contributed by atoms with Gasteiger partial charge in [-0.1, -0.05) is 18.2 Å². The van der Waals surface area contributed by atoms with Gasteiger partial charge in [-0.15, -0.1) is 0 Å². The van der Waals surface area contributed by atoms with E-state index in [2.05, 4.69) is 10.3 Å². The Labute approximate surface area is 148 Å². The van der Waals surface area contributed by atoms with Crippen LogP contribution in [-0.4, -0.2) is 41.5 Å². The minimum atomic E-state index is 0.0404. The highest BCUT2D eigenvalue weighted by Crippen LogP contribution is 2.17. The van der Waals surface area contributed by atoms with Gasteiger partial charge in [0.15, 0.2) is 6.61 Å². The molecule has 0 radical (unpaired) electrons. The van der Waals surface area contributed by atoms with Crippen molar-refractivity contribution >= 4 is 17.4 Å². The van der Waals surface area contributed by atoms with Crippen LogP contribution in [0.15, 0.2) is 48.7 Å². The number of ether oxygens (including phenoxy) is 1. The third-order valence-corrected chi connectivity index (χ3v) is 4.34. The van der Waals surface area contributed by atoms with E-state index in [0.29, 0.717) is 11.9 Å². The van der Waals surface area contributed by atoms with Gasteiger partial charge in [0.2, 0.25) is 0 Å². The van der Waals surface area contributed by atoms with Gasteiger partial charge >= 0.3 is 0 Å². The highest BCUT2D eigenvalue weighted by atomic mass is 16.5. The zero-order chi connectivity index (χ0) is 17.5. The van der Waals surface area contributed by atoms with Crippen LogP contribution in [0.1, 0.15) is 19.3 Å². The number of likely N-dealkylation sites (tertiary alicyclic amines) is 1. The van der Waals surface area contributed by atoms with Crippen LogP contribution >= 0.6 is 0 Å². The molecule has 1 amide bonds. The first-order chi connectivity index (χ1) is 12.2. The summed E-state index contributed by atoms with van der Waals surface area (Å²) in [7, 11) is 0. The van der Waals surface area contributed by atoms with Crippen molar-refractivity contribution in [3.63, 3.8) is 0 Å². The highest BCUT2D eigenvalue weighted by Gasteiger charge is 2.21. The van der Waals surface area contributed by atoms with E-state index in [1.165, 1.54) is 0 Å². The molecular formula is C19H24N4O2. The molecule has 0 saturated carbocycles. The average molecular weight is 340 g/mol. The molecule has 0 unspecified atom stereocenters. The molecule has 0 bridgehead atoms. The third kappa shape index (κ3) is 5.11. The van der Waals surface area contributed by atoms with Gasteiger partial charge < -0.3 is 20.7 Å². The average Bonchev–Trinajstić information content (AvgIpc) is 2.88. The Morgan fingerprint density at radius 1 is 1.20 bits per heavy atom. The fourth-order valence-corrected chi connectivity index (χ4v) is 2.97. The van der Waals surface area contributed by atoms with Gasteiger partial charge in [-0.25, -0.2) is 4.98 Å². The van der Waals surface area contributed by atoms with Crippen molar-refractivity contribution in [2.24, 2.45) is 0 Å². The molecule has 1 atom stereocenters. The summed E-state index contributed by atoms with van der Waals surface area (Å²) in [5.41, 5.74) is 6.58. The number of aromatic nitrogens is 1. The van der Waals surface area contributed by atoms with Gasteiger partial charge in [-0.2, -0.15) is 0 Å². The lowest BCUT2D eigenvalue weighted by molar-refractivity contribution is -0.133. The van der Waals surface area contributed by atoms with Crippen LogP contribution in [0.25, 0.3) is 0 Å². The van der Waals surface area contributed by atoms with Gasteiger partial charge in [0.25, 0.3) is 5.91 Å². The molecule has 6 heteroatoms. The second-order valence-corrected chi connectivity index (χ2v) is 6.23. The second kappa shape index (κ2) is 8.37. The Kier molecular flexibility index (Phi) is 5.72. The number of nitrogens with one attached hydrogen (secondary N) is 1. The predicted molar refractivity (Wildman–Crippen MR) is 98.4 cm³/mol. The van der Waals surface area contributed by atoms with Crippen molar-refractivity contribution in [2.75, 3.05) is 30.7 Å². The van der Waals surface area contributed by atoms with Crippen molar-refractivity contribution in [1.82, 2.24) is 9.88 Å². The van der Waals surface area contributed by atoms with Crippen molar-refractivity contribution in [2.45, 2.75) is 25.3 Å². The molecule has 2 heterocycles. The molecule has 2 aromatic rings. The number of rotatable bonds is 5. The Morgan fingerprint density at radius 3 is 2.80 bits per heavy atom. The van der Waals surface area contributed by atoms with Gasteiger partial charge in [0, 0.05) is 19.1 Å². The number of para-hydroxylation sites is 1. The summed E-state index contributed by atoms with van der Waals surface area (Å²) in [6.07, 6.45) is 4.64. The second-order valence-electron chi connectivity index (χ2n) is 6.23. The first-order valence-electron chi connectivity index (χ1n) is 8.64. The van der Waals surface area contributed by atoms with Gasteiger partial charge in [-0.3, -0.25) is 4.79 Å². The maximum atomic E-state index is 12.4. The number of benzene rings is 1. The number of hydrogen-bond acceptors (Lipinski definition) is 5. The molecule has 132 valence electrons. The first-order valence-corrected chi connectivity index (χ1v) is 8.64. The minimum absolute atomic E-state index is 0.0404. The molecule has 0 aliphatic carbocycles. The molecular weight excluding hydrogens is 316 g/mol. The summed E-state index contributed by atoms with van der Waals surface area (Å²) in [6, 6.07) is 13.5. The molecule has 3 N–H and O–H groups in total. The Balaban J connectivity index is 1.47.